The van der Waals surface area contributed by atoms with Crippen molar-refractivity contribution >= 4 is 27.9 Å². The van der Waals surface area contributed by atoms with Gasteiger partial charge in [0.25, 0.3) is 0 Å². The Morgan fingerprint density at radius 2 is 1.92 bits per heavy atom. The number of halogens is 1. The maximum Gasteiger partial charge on any atom is 0.352 e. The third-order valence-corrected chi connectivity index (χ3v) is 3.90. The van der Waals surface area contributed by atoms with E-state index in [0.29, 0.717) is 16.6 Å². The first-order valence-corrected chi connectivity index (χ1v) is 7.34. The van der Waals surface area contributed by atoms with Gasteiger partial charge < -0.3 is 9.67 Å². The van der Waals surface area contributed by atoms with Crippen LogP contribution in [-0.2, 0) is 6.54 Å². The maximum atomic E-state index is 13.4. The minimum absolute atomic E-state index is 0.0885. The first-order valence-electron chi connectivity index (χ1n) is 7.34. The minimum atomic E-state index is -1.07. The van der Waals surface area contributed by atoms with Gasteiger partial charge in [0, 0.05) is 10.9 Å². The molecule has 0 fully saturated rings. The summed E-state index contributed by atoms with van der Waals surface area (Å²) < 4.78 is 15.0. The molecule has 24 heavy (non-hydrogen) atoms. The molecule has 0 saturated heterocycles. The Balaban J connectivity index is 1.85. The summed E-state index contributed by atoms with van der Waals surface area (Å²) in [6.45, 7) is 0.245. The average molecular weight is 321 g/mol. The normalized spacial score (nSPS) is 11.2. The van der Waals surface area contributed by atoms with E-state index in [0.717, 1.165) is 11.0 Å². The number of carbonyl (C=O) groups is 1. The molecule has 2 heterocycles. The van der Waals surface area contributed by atoms with E-state index in [1.165, 1.54) is 18.2 Å². The number of fused-ring (bicyclic) bond motifs is 2. The van der Waals surface area contributed by atoms with Gasteiger partial charge in [0.1, 0.15) is 11.5 Å². The van der Waals surface area contributed by atoms with Crippen LogP contribution >= 0.6 is 0 Å². The number of aromatic carboxylic acids is 1. The molecule has 118 valence electrons. The summed E-state index contributed by atoms with van der Waals surface area (Å²) in [5.41, 5.74) is 2.89. The molecule has 0 unspecified atom stereocenters. The molecule has 0 atom stereocenters. The fraction of sp³-hybridized carbons (Fsp3) is 0.0556. The fourth-order valence-electron chi connectivity index (χ4n) is 2.82. The van der Waals surface area contributed by atoms with E-state index in [-0.39, 0.29) is 12.2 Å². The molecule has 0 saturated carbocycles. The zero-order valence-corrected chi connectivity index (χ0v) is 12.5. The Bertz CT molecular complexity index is 1090. The second-order valence-electron chi connectivity index (χ2n) is 5.47. The number of carboxylic acid groups (broad SMARTS) is 1. The standard InChI is InChI=1S/C18H12FN3O2/c19-12-5-6-16-11(7-12)8-17(18(23)24)22(16)10-13-9-20-14-3-1-2-4-15(14)21-13/h1-9H,10H2,(H,23,24). The highest BCUT2D eigenvalue weighted by Crippen LogP contribution is 2.22. The van der Waals surface area contributed by atoms with Gasteiger partial charge in [0.2, 0.25) is 0 Å². The molecule has 0 spiro atoms. The van der Waals surface area contributed by atoms with Crippen molar-refractivity contribution in [3.8, 4) is 0 Å². The second kappa shape index (κ2) is 5.42. The summed E-state index contributed by atoms with van der Waals surface area (Å²) in [5, 5.41) is 9.98. The lowest BCUT2D eigenvalue weighted by molar-refractivity contribution is 0.0686. The van der Waals surface area contributed by atoms with Crippen molar-refractivity contribution in [1.82, 2.24) is 14.5 Å². The Labute approximate surface area is 136 Å². The number of carboxylic acids is 1. The van der Waals surface area contributed by atoms with Crippen LogP contribution < -0.4 is 0 Å². The topological polar surface area (TPSA) is 68.0 Å². The highest BCUT2D eigenvalue weighted by atomic mass is 19.1. The first-order chi connectivity index (χ1) is 11.6. The molecule has 2 aromatic carbocycles. The Hall–Kier alpha value is -3.28. The molecule has 0 bridgehead atoms. The molecule has 0 aliphatic rings. The van der Waals surface area contributed by atoms with E-state index in [9.17, 15) is 14.3 Å². The van der Waals surface area contributed by atoms with Crippen molar-refractivity contribution in [1.29, 1.82) is 0 Å². The maximum absolute atomic E-state index is 13.4. The molecule has 0 aliphatic carbocycles. The molecule has 0 radical (unpaired) electrons. The molecule has 0 aliphatic heterocycles. The summed E-state index contributed by atoms with van der Waals surface area (Å²) in [7, 11) is 0. The lowest BCUT2D eigenvalue weighted by Gasteiger charge is -2.08. The van der Waals surface area contributed by atoms with Crippen LogP contribution in [-0.4, -0.2) is 25.6 Å². The summed E-state index contributed by atoms with van der Waals surface area (Å²) >= 11 is 0. The highest BCUT2D eigenvalue weighted by Gasteiger charge is 2.16. The fourth-order valence-corrected chi connectivity index (χ4v) is 2.82. The number of nitrogens with zero attached hydrogens (tertiary/aromatic N) is 3. The van der Waals surface area contributed by atoms with Crippen molar-refractivity contribution < 1.29 is 14.3 Å². The molecule has 6 heteroatoms. The van der Waals surface area contributed by atoms with E-state index in [1.807, 2.05) is 24.3 Å². The molecule has 5 nitrogen and oxygen atoms in total. The summed E-state index contributed by atoms with van der Waals surface area (Å²) in [6, 6.07) is 13.2. The third-order valence-electron chi connectivity index (χ3n) is 3.90. The van der Waals surface area contributed by atoms with Gasteiger partial charge in [-0.05, 0) is 36.4 Å². The highest BCUT2D eigenvalue weighted by molar-refractivity contribution is 5.94. The Morgan fingerprint density at radius 3 is 2.71 bits per heavy atom. The van der Waals surface area contributed by atoms with E-state index >= 15 is 0 Å². The van der Waals surface area contributed by atoms with Crippen LogP contribution in [0, 0.1) is 5.82 Å². The molecule has 4 aromatic rings. The van der Waals surface area contributed by atoms with Crippen molar-refractivity contribution in [3.63, 3.8) is 0 Å². The number of benzene rings is 2. The van der Waals surface area contributed by atoms with E-state index in [2.05, 4.69) is 9.97 Å². The van der Waals surface area contributed by atoms with Gasteiger partial charge in [-0.25, -0.2) is 14.2 Å². The van der Waals surface area contributed by atoms with Crippen LogP contribution in [0.15, 0.2) is 54.7 Å². The summed E-state index contributed by atoms with van der Waals surface area (Å²) in [6.07, 6.45) is 1.63. The van der Waals surface area contributed by atoms with Crippen molar-refractivity contribution in [2.24, 2.45) is 0 Å². The van der Waals surface area contributed by atoms with Gasteiger partial charge in [-0.3, -0.25) is 4.98 Å². The first kappa shape index (κ1) is 14.3. The van der Waals surface area contributed by atoms with Crippen LogP contribution in [0.25, 0.3) is 21.9 Å². The van der Waals surface area contributed by atoms with Gasteiger partial charge in [-0.2, -0.15) is 0 Å². The number of para-hydroxylation sites is 2. The van der Waals surface area contributed by atoms with Gasteiger partial charge in [0.05, 0.1) is 29.5 Å². The summed E-state index contributed by atoms with van der Waals surface area (Å²) in [4.78, 5) is 20.4. The Kier molecular flexibility index (Phi) is 3.23. The number of hydrogen-bond acceptors (Lipinski definition) is 3. The van der Waals surface area contributed by atoms with E-state index in [1.54, 1.807) is 16.8 Å². The third kappa shape index (κ3) is 2.38. The molecule has 1 N–H and O–H groups in total. The number of hydrogen-bond donors (Lipinski definition) is 1. The smallest absolute Gasteiger partial charge is 0.352 e. The largest absolute Gasteiger partial charge is 0.477 e. The van der Waals surface area contributed by atoms with Gasteiger partial charge in [0.15, 0.2) is 0 Å². The lowest BCUT2D eigenvalue weighted by atomic mass is 10.2. The predicted octanol–water partition coefficient (Wildman–Crippen LogP) is 3.47. The van der Waals surface area contributed by atoms with Crippen LogP contribution in [0.2, 0.25) is 0 Å². The van der Waals surface area contributed by atoms with Crippen LogP contribution in [0.1, 0.15) is 16.2 Å². The monoisotopic (exact) mass is 321 g/mol. The average Bonchev–Trinajstić information content (AvgIpc) is 2.92. The SMILES string of the molecule is O=C(O)c1cc2cc(F)ccc2n1Cc1cnc2ccccc2n1. The van der Waals surface area contributed by atoms with Gasteiger partial charge in [-0.15, -0.1) is 0 Å². The van der Waals surface area contributed by atoms with E-state index in [4.69, 9.17) is 0 Å². The predicted molar refractivity (Wildman–Crippen MR) is 87.5 cm³/mol. The van der Waals surface area contributed by atoms with Crippen LogP contribution in [0.4, 0.5) is 4.39 Å². The van der Waals surface area contributed by atoms with Crippen molar-refractivity contribution in [3.05, 3.63) is 71.9 Å². The van der Waals surface area contributed by atoms with Gasteiger partial charge >= 0.3 is 5.97 Å². The lowest BCUT2D eigenvalue weighted by Crippen LogP contribution is -2.10. The molecule has 4 rings (SSSR count). The number of aromatic nitrogens is 3. The van der Waals surface area contributed by atoms with Crippen LogP contribution in [0.3, 0.4) is 0 Å². The molecule has 0 amide bonds. The number of rotatable bonds is 3. The molecule has 2 aromatic heterocycles. The van der Waals surface area contributed by atoms with Gasteiger partial charge in [-0.1, -0.05) is 12.1 Å². The Morgan fingerprint density at radius 1 is 1.12 bits per heavy atom. The van der Waals surface area contributed by atoms with Crippen molar-refractivity contribution in [2.75, 3.05) is 0 Å². The zero-order chi connectivity index (χ0) is 16.7. The summed E-state index contributed by atoms with van der Waals surface area (Å²) in [5.74, 6) is -1.47. The van der Waals surface area contributed by atoms with Crippen LogP contribution in [0.5, 0.6) is 0 Å². The molecular weight excluding hydrogens is 309 g/mol. The van der Waals surface area contributed by atoms with Crippen molar-refractivity contribution in [2.45, 2.75) is 6.54 Å². The zero-order valence-electron chi connectivity index (χ0n) is 12.5. The second-order valence-corrected chi connectivity index (χ2v) is 5.47. The minimum Gasteiger partial charge on any atom is -0.477 e. The quantitative estimate of drug-likeness (QED) is 0.627. The van der Waals surface area contributed by atoms with E-state index < -0.39 is 11.8 Å². The molecular formula is C18H12FN3O2.